The maximum atomic E-state index is 13.2. The summed E-state index contributed by atoms with van der Waals surface area (Å²) in [4.78, 5) is 19.8. The van der Waals surface area contributed by atoms with Crippen molar-refractivity contribution in [3.63, 3.8) is 0 Å². The van der Waals surface area contributed by atoms with Crippen LogP contribution in [0.1, 0.15) is 29.5 Å². The fourth-order valence-corrected chi connectivity index (χ4v) is 2.96. The normalized spacial score (nSPS) is 13.2. The standard InChI is InChI=1S/C21H21ClFN4O2/c1-13(29-12-14-5-4-6-15(23)11-14)17(22)9-10-25-20-16-7-2-3-8-18(16)26-21(27-20)19(24)28/h3-8,11,13,17H,9-10,12H2,1H3,(H2,24,28)(H,25,26,27). The second-order valence-corrected chi connectivity index (χ2v) is 7.14. The molecule has 3 aromatic rings. The Bertz CT molecular complexity index is 1000. The number of halogens is 2. The van der Waals surface area contributed by atoms with Gasteiger partial charge in [0.05, 0.1) is 23.6 Å². The lowest BCUT2D eigenvalue weighted by Gasteiger charge is -2.19. The van der Waals surface area contributed by atoms with Crippen LogP contribution in [-0.2, 0) is 11.3 Å². The summed E-state index contributed by atoms with van der Waals surface area (Å²) in [7, 11) is 0. The van der Waals surface area contributed by atoms with E-state index in [4.69, 9.17) is 22.1 Å². The summed E-state index contributed by atoms with van der Waals surface area (Å²) in [6.45, 7) is 2.65. The van der Waals surface area contributed by atoms with Gasteiger partial charge in [-0.05, 0) is 49.2 Å². The number of ether oxygens (including phenoxy) is 1. The van der Waals surface area contributed by atoms with Crippen LogP contribution < -0.4 is 11.1 Å². The van der Waals surface area contributed by atoms with Gasteiger partial charge in [0.25, 0.3) is 5.91 Å². The van der Waals surface area contributed by atoms with Crippen LogP contribution in [0.25, 0.3) is 10.9 Å². The molecule has 3 rings (SSSR count). The van der Waals surface area contributed by atoms with Crippen LogP contribution in [0.4, 0.5) is 10.2 Å². The first-order chi connectivity index (χ1) is 13.9. The number of amides is 1. The summed E-state index contributed by atoms with van der Waals surface area (Å²) < 4.78 is 19.0. The van der Waals surface area contributed by atoms with Gasteiger partial charge in [0.15, 0.2) is 0 Å². The molecule has 6 nitrogen and oxygen atoms in total. The highest BCUT2D eigenvalue weighted by Gasteiger charge is 2.16. The monoisotopic (exact) mass is 415 g/mol. The van der Waals surface area contributed by atoms with E-state index in [0.29, 0.717) is 24.3 Å². The molecule has 1 radical (unpaired) electrons. The van der Waals surface area contributed by atoms with Gasteiger partial charge < -0.3 is 15.8 Å². The van der Waals surface area contributed by atoms with Gasteiger partial charge in [-0.3, -0.25) is 4.79 Å². The van der Waals surface area contributed by atoms with Gasteiger partial charge in [0.1, 0.15) is 11.6 Å². The molecule has 0 saturated carbocycles. The molecule has 8 heteroatoms. The van der Waals surface area contributed by atoms with Gasteiger partial charge in [0, 0.05) is 11.9 Å². The fraction of sp³-hybridized carbons (Fsp3) is 0.286. The van der Waals surface area contributed by atoms with Crippen molar-refractivity contribution in [1.82, 2.24) is 9.97 Å². The van der Waals surface area contributed by atoms with E-state index in [1.165, 1.54) is 12.1 Å². The van der Waals surface area contributed by atoms with E-state index >= 15 is 0 Å². The predicted octanol–water partition coefficient (Wildman–Crippen LogP) is 3.68. The zero-order valence-electron chi connectivity index (χ0n) is 15.9. The molecule has 2 aromatic carbocycles. The molecular weight excluding hydrogens is 395 g/mol. The van der Waals surface area contributed by atoms with Gasteiger partial charge in [-0.1, -0.05) is 18.2 Å². The lowest BCUT2D eigenvalue weighted by Crippen LogP contribution is -2.24. The van der Waals surface area contributed by atoms with E-state index in [9.17, 15) is 9.18 Å². The summed E-state index contributed by atoms with van der Waals surface area (Å²) in [6.07, 6.45) is 0.346. The van der Waals surface area contributed by atoms with Crippen molar-refractivity contribution in [1.29, 1.82) is 0 Å². The van der Waals surface area contributed by atoms with Crippen molar-refractivity contribution >= 4 is 34.2 Å². The molecule has 0 spiro atoms. The number of carbonyl (C=O) groups excluding carboxylic acids is 1. The third kappa shape index (κ3) is 5.62. The predicted molar refractivity (Wildman–Crippen MR) is 110 cm³/mol. The van der Waals surface area contributed by atoms with E-state index in [2.05, 4.69) is 21.4 Å². The first-order valence-electron chi connectivity index (χ1n) is 9.15. The molecular formula is C21H21ClFN4O2. The molecule has 0 aliphatic carbocycles. The third-order valence-electron chi connectivity index (χ3n) is 4.38. The van der Waals surface area contributed by atoms with Crippen molar-refractivity contribution in [3.05, 3.63) is 65.7 Å². The number of fused-ring (bicyclic) bond motifs is 1. The Balaban J connectivity index is 1.57. The van der Waals surface area contributed by atoms with Crippen LogP contribution in [0.15, 0.2) is 42.5 Å². The quantitative estimate of drug-likeness (QED) is 0.520. The SMILES string of the molecule is CC(OCc1cccc(F)c1)C(Cl)CCNc1nc(C(N)=O)nc2cc[c]cc12. The highest BCUT2D eigenvalue weighted by atomic mass is 35.5. The topological polar surface area (TPSA) is 90.1 Å². The Hall–Kier alpha value is -2.77. The van der Waals surface area contributed by atoms with E-state index in [-0.39, 0.29) is 29.7 Å². The maximum absolute atomic E-state index is 13.2. The van der Waals surface area contributed by atoms with Crippen molar-refractivity contribution in [2.75, 3.05) is 11.9 Å². The number of hydrogen-bond acceptors (Lipinski definition) is 5. The second-order valence-electron chi connectivity index (χ2n) is 6.58. The van der Waals surface area contributed by atoms with Crippen LogP contribution in [-0.4, -0.2) is 33.9 Å². The number of anilines is 1. The van der Waals surface area contributed by atoms with Crippen LogP contribution >= 0.6 is 11.6 Å². The Morgan fingerprint density at radius 3 is 2.97 bits per heavy atom. The lowest BCUT2D eigenvalue weighted by atomic mass is 10.2. The number of nitrogens with two attached hydrogens (primary N) is 1. The second kappa shape index (κ2) is 9.62. The van der Waals surface area contributed by atoms with E-state index < -0.39 is 5.91 Å². The average Bonchev–Trinajstić information content (AvgIpc) is 2.71. The zero-order chi connectivity index (χ0) is 20.8. The molecule has 0 bridgehead atoms. The average molecular weight is 416 g/mol. The number of rotatable bonds is 9. The van der Waals surface area contributed by atoms with Crippen LogP contribution in [0.2, 0.25) is 0 Å². The number of aromatic nitrogens is 2. The van der Waals surface area contributed by atoms with Crippen LogP contribution in [0, 0.1) is 11.9 Å². The molecule has 0 aliphatic heterocycles. The molecule has 2 atom stereocenters. The Morgan fingerprint density at radius 2 is 2.21 bits per heavy atom. The summed E-state index contributed by atoms with van der Waals surface area (Å²) >= 11 is 6.44. The fourth-order valence-electron chi connectivity index (χ4n) is 2.78. The van der Waals surface area contributed by atoms with Crippen molar-refractivity contribution in [2.24, 2.45) is 5.73 Å². The number of alkyl halides is 1. The molecule has 29 heavy (non-hydrogen) atoms. The molecule has 1 amide bonds. The number of primary amides is 1. The van der Waals surface area contributed by atoms with Gasteiger partial charge in [-0.15, -0.1) is 11.6 Å². The van der Waals surface area contributed by atoms with Crippen LogP contribution in [0.3, 0.4) is 0 Å². The van der Waals surface area contributed by atoms with E-state index in [0.717, 1.165) is 10.9 Å². The first-order valence-corrected chi connectivity index (χ1v) is 9.59. The molecule has 0 aliphatic rings. The highest BCUT2D eigenvalue weighted by Crippen LogP contribution is 2.21. The summed E-state index contributed by atoms with van der Waals surface area (Å²) in [5, 5.41) is 3.64. The molecule has 1 heterocycles. The van der Waals surface area contributed by atoms with Gasteiger partial charge >= 0.3 is 0 Å². The number of carbonyl (C=O) groups is 1. The minimum atomic E-state index is -0.697. The minimum Gasteiger partial charge on any atom is -0.372 e. The first kappa shape index (κ1) is 21.0. The van der Waals surface area contributed by atoms with E-state index in [1.807, 2.05) is 6.92 Å². The zero-order valence-corrected chi connectivity index (χ0v) is 16.6. The largest absolute Gasteiger partial charge is 0.372 e. The Morgan fingerprint density at radius 1 is 1.38 bits per heavy atom. The highest BCUT2D eigenvalue weighted by molar-refractivity contribution is 6.21. The maximum Gasteiger partial charge on any atom is 0.286 e. The summed E-state index contributed by atoms with van der Waals surface area (Å²) in [5.74, 6) is -0.550. The minimum absolute atomic E-state index is 0.0552. The smallest absolute Gasteiger partial charge is 0.286 e. The Kier molecular flexibility index (Phi) is 6.95. The molecule has 3 N–H and O–H groups in total. The summed E-state index contributed by atoms with van der Waals surface area (Å²) in [6, 6.07) is 14.4. The molecule has 0 fully saturated rings. The van der Waals surface area contributed by atoms with Crippen molar-refractivity contribution in [2.45, 2.75) is 31.4 Å². The number of benzene rings is 2. The number of nitrogens with zero attached hydrogens (tertiary/aromatic N) is 2. The van der Waals surface area contributed by atoms with Crippen molar-refractivity contribution in [3.8, 4) is 0 Å². The molecule has 2 unspecified atom stereocenters. The van der Waals surface area contributed by atoms with E-state index in [1.54, 1.807) is 30.3 Å². The van der Waals surface area contributed by atoms with Crippen LogP contribution in [0.5, 0.6) is 0 Å². The van der Waals surface area contributed by atoms with Gasteiger partial charge in [0.2, 0.25) is 5.82 Å². The number of nitrogens with one attached hydrogen (secondary N) is 1. The molecule has 1 aromatic heterocycles. The van der Waals surface area contributed by atoms with Gasteiger partial charge in [-0.2, -0.15) is 0 Å². The van der Waals surface area contributed by atoms with Crippen molar-refractivity contribution < 1.29 is 13.9 Å². The number of hydrogen-bond donors (Lipinski definition) is 2. The summed E-state index contributed by atoms with van der Waals surface area (Å²) in [5.41, 5.74) is 6.67. The van der Waals surface area contributed by atoms with Gasteiger partial charge in [-0.25, -0.2) is 14.4 Å². The molecule has 0 saturated heterocycles. The lowest BCUT2D eigenvalue weighted by molar-refractivity contribution is 0.0493. The molecule has 151 valence electrons. The third-order valence-corrected chi connectivity index (χ3v) is 4.96. The Labute approximate surface area is 173 Å².